The van der Waals surface area contributed by atoms with Crippen molar-refractivity contribution < 1.29 is 24.1 Å². The molecule has 0 aromatic heterocycles. The molecule has 204 valence electrons. The third-order valence-corrected chi connectivity index (χ3v) is 8.47. The van der Waals surface area contributed by atoms with Crippen LogP contribution in [0.15, 0.2) is 103 Å². The summed E-state index contributed by atoms with van der Waals surface area (Å²) in [4.78, 5) is -1.07. The van der Waals surface area contributed by atoms with E-state index in [1.807, 2.05) is 84.9 Å². The molecule has 4 aromatic rings. The summed E-state index contributed by atoms with van der Waals surface area (Å²) in [6, 6.07) is 34.4. The van der Waals surface area contributed by atoms with Crippen LogP contribution in [-0.2, 0) is 37.1 Å². The van der Waals surface area contributed by atoms with Crippen molar-refractivity contribution in [3.05, 3.63) is 120 Å². The quantitative estimate of drug-likeness (QED) is 0.238. The average molecular weight is 545 g/mol. The Labute approximate surface area is 235 Å². The van der Waals surface area contributed by atoms with Crippen LogP contribution >= 0.6 is 11.8 Å². The summed E-state index contributed by atoms with van der Waals surface area (Å²) in [6.07, 6.45) is -2.64. The van der Waals surface area contributed by atoms with E-state index in [0.717, 1.165) is 33.2 Å². The van der Waals surface area contributed by atoms with E-state index in [-0.39, 0.29) is 6.61 Å². The van der Waals surface area contributed by atoms with Crippen molar-refractivity contribution in [3.63, 3.8) is 0 Å². The normalized spacial score (nSPS) is 25.1. The second-order valence-electron chi connectivity index (χ2n) is 9.69. The van der Waals surface area contributed by atoms with Gasteiger partial charge >= 0.3 is 0 Å². The van der Waals surface area contributed by atoms with Gasteiger partial charge in [0.2, 0.25) is 0 Å². The summed E-state index contributed by atoms with van der Waals surface area (Å²) >= 11 is 1.58. The predicted octanol–water partition coefficient (Wildman–Crippen LogP) is 6.32. The SMILES string of the molecule is CCS[C@]1(c2cccc3ccccc23)O[C@H](COCc2ccccc2)[C@@H](OCc2ccccc2)[C@H](OC)[C@H]1O. The number of benzene rings is 4. The zero-order chi connectivity index (χ0) is 27.1. The minimum atomic E-state index is -1.07. The second-order valence-corrected chi connectivity index (χ2v) is 11.2. The third kappa shape index (κ3) is 6.07. The summed E-state index contributed by atoms with van der Waals surface area (Å²) in [5.74, 6) is 0.740. The molecule has 39 heavy (non-hydrogen) atoms. The zero-order valence-electron chi connectivity index (χ0n) is 22.4. The van der Waals surface area contributed by atoms with Crippen molar-refractivity contribution in [1.82, 2.24) is 0 Å². The third-order valence-electron chi connectivity index (χ3n) is 7.19. The number of aliphatic hydroxyl groups excluding tert-OH is 1. The molecule has 1 saturated heterocycles. The van der Waals surface area contributed by atoms with E-state index in [4.69, 9.17) is 18.9 Å². The van der Waals surface area contributed by atoms with Crippen molar-refractivity contribution in [2.75, 3.05) is 19.5 Å². The van der Waals surface area contributed by atoms with E-state index in [1.54, 1.807) is 18.9 Å². The monoisotopic (exact) mass is 544 g/mol. The Balaban J connectivity index is 1.50. The number of hydrogen-bond acceptors (Lipinski definition) is 6. The molecule has 0 amide bonds. The Bertz CT molecular complexity index is 1310. The van der Waals surface area contributed by atoms with Gasteiger partial charge in [-0.1, -0.05) is 110 Å². The first-order valence-corrected chi connectivity index (χ1v) is 14.4. The number of hydrogen-bond donors (Lipinski definition) is 1. The molecule has 0 aliphatic carbocycles. The fraction of sp³-hybridized carbons (Fsp3) is 0.333. The van der Waals surface area contributed by atoms with Gasteiger partial charge in [-0.2, -0.15) is 0 Å². The van der Waals surface area contributed by atoms with Gasteiger partial charge in [0.25, 0.3) is 0 Å². The zero-order valence-corrected chi connectivity index (χ0v) is 23.3. The van der Waals surface area contributed by atoms with Crippen molar-refractivity contribution in [2.45, 2.75) is 49.5 Å². The number of thioether (sulfide) groups is 1. The summed E-state index contributed by atoms with van der Waals surface area (Å²) in [6.45, 7) is 3.19. The van der Waals surface area contributed by atoms with Crippen LogP contribution in [0.4, 0.5) is 0 Å². The summed E-state index contributed by atoms with van der Waals surface area (Å²) < 4.78 is 25.7. The first kappa shape index (κ1) is 27.8. The average Bonchev–Trinajstić information content (AvgIpc) is 2.98. The highest BCUT2D eigenvalue weighted by Crippen LogP contribution is 2.50. The molecular weight excluding hydrogens is 508 g/mol. The van der Waals surface area contributed by atoms with Crippen molar-refractivity contribution in [2.24, 2.45) is 0 Å². The standard InChI is InChI=1S/C33H36O5S/c1-3-39-33(28-20-12-18-26-17-10-11-19-27(26)28)32(34)31(35-2)30(37-22-25-15-8-5-9-16-25)29(38-33)23-36-21-24-13-6-4-7-14-24/h4-20,29-32,34H,3,21-23H2,1-2H3/t29-,30-,31+,32-,33+/m1/s1. The Morgan fingerprint density at radius 2 is 1.44 bits per heavy atom. The highest BCUT2D eigenvalue weighted by Gasteiger charge is 2.56. The fourth-order valence-electron chi connectivity index (χ4n) is 5.36. The van der Waals surface area contributed by atoms with Gasteiger partial charge in [-0.3, -0.25) is 0 Å². The van der Waals surface area contributed by atoms with Gasteiger partial charge in [-0.15, -0.1) is 11.8 Å². The van der Waals surface area contributed by atoms with E-state index < -0.39 is 29.3 Å². The summed E-state index contributed by atoms with van der Waals surface area (Å²) in [7, 11) is 1.63. The molecule has 0 radical (unpaired) electrons. The van der Waals surface area contributed by atoms with Crippen LogP contribution in [-0.4, -0.2) is 49.0 Å². The molecule has 6 heteroatoms. The molecular formula is C33H36O5S. The van der Waals surface area contributed by atoms with Gasteiger partial charge in [-0.05, 0) is 27.7 Å². The van der Waals surface area contributed by atoms with Crippen molar-refractivity contribution in [3.8, 4) is 0 Å². The first-order chi connectivity index (χ1) is 19.2. The lowest BCUT2D eigenvalue weighted by molar-refractivity contribution is -0.268. The number of fused-ring (bicyclic) bond motifs is 1. The Morgan fingerprint density at radius 3 is 2.13 bits per heavy atom. The largest absolute Gasteiger partial charge is 0.386 e. The lowest BCUT2D eigenvalue weighted by Crippen LogP contribution is -2.63. The van der Waals surface area contributed by atoms with E-state index in [1.165, 1.54) is 0 Å². The van der Waals surface area contributed by atoms with Gasteiger partial charge in [0.1, 0.15) is 24.4 Å². The molecule has 1 heterocycles. The lowest BCUT2D eigenvalue weighted by Gasteiger charge is -2.51. The molecule has 1 aliphatic heterocycles. The smallest absolute Gasteiger partial charge is 0.168 e. The number of ether oxygens (including phenoxy) is 4. The fourth-order valence-corrected chi connectivity index (χ4v) is 6.62. The maximum absolute atomic E-state index is 12.0. The van der Waals surface area contributed by atoms with Crippen LogP contribution in [0.3, 0.4) is 0 Å². The first-order valence-electron chi connectivity index (χ1n) is 13.4. The lowest BCUT2D eigenvalue weighted by atomic mass is 9.88. The number of rotatable bonds is 11. The molecule has 1 N–H and O–H groups in total. The maximum atomic E-state index is 12.0. The molecule has 1 fully saturated rings. The molecule has 5 atom stereocenters. The molecule has 0 spiro atoms. The molecule has 0 unspecified atom stereocenters. The van der Waals surface area contributed by atoms with E-state index in [9.17, 15) is 5.11 Å². The Kier molecular flexibility index (Phi) is 9.35. The maximum Gasteiger partial charge on any atom is 0.168 e. The van der Waals surface area contributed by atoms with Crippen LogP contribution in [0.1, 0.15) is 23.6 Å². The van der Waals surface area contributed by atoms with E-state index in [2.05, 4.69) is 25.1 Å². The van der Waals surface area contributed by atoms with Crippen LogP contribution in [0.2, 0.25) is 0 Å². The molecule has 4 aromatic carbocycles. The summed E-state index contributed by atoms with van der Waals surface area (Å²) in [5.41, 5.74) is 3.05. The Morgan fingerprint density at radius 1 is 0.795 bits per heavy atom. The van der Waals surface area contributed by atoms with Crippen LogP contribution in [0.5, 0.6) is 0 Å². The molecule has 1 aliphatic rings. The molecule has 5 nitrogen and oxygen atoms in total. The number of aliphatic hydroxyl groups is 1. The van der Waals surface area contributed by atoms with E-state index in [0.29, 0.717) is 13.2 Å². The van der Waals surface area contributed by atoms with Gasteiger partial charge < -0.3 is 24.1 Å². The molecule has 5 rings (SSSR count). The molecule has 0 bridgehead atoms. The topological polar surface area (TPSA) is 57.2 Å². The highest BCUT2D eigenvalue weighted by atomic mass is 32.2. The second kappa shape index (κ2) is 13.1. The van der Waals surface area contributed by atoms with Gasteiger partial charge in [-0.25, -0.2) is 0 Å². The van der Waals surface area contributed by atoms with Crippen molar-refractivity contribution >= 4 is 22.5 Å². The van der Waals surface area contributed by atoms with Crippen LogP contribution in [0.25, 0.3) is 10.8 Å². The van der Waals surface area contributed by atoms with Gasteiger partial charge in [0.05, 0.1) is 19.8 Å². The highest BCUT2D eigenvalue weighted by molar-refractivity contribution is 8.00. The predicted molar refractivity (Wildman–Crippen MR) is 157 cm³/mol. The van der Waals surface area contributed by atoms with Crippen molar-refractivity contribution in [1.29, 1.82) is 0 Å². The van der Waals surface area contributed by atoms with Crippen LogP contribution < -0.4 is 0 Å². The van der Waals surface area contributed by atoms with Gasteiger partial charge in [0.15, 0.2) is 4.93 Å². The van der Waals surface area contributed by atoms with Gasteiger partial charge in [0, 0.05) is 12.7 Å². The Hall–Kier alpha value is -2.71. The number of methoxy groups -OCH3 is 1. The van der Waals surface area contributed by atoms with E-state index >= 15 is 0 Å². The molecule has 0 saturated carbocycles. The summed E-state index contributed by atoms with van der Waals surface area (Å²) in [5, 5.41) is 14.2. The minimum absolute atomic E-state index is 0.289. The van der Waals surface area contributed by atoms with Crippen LogP contribution in [0, 0.1) is 0 Å². The minimum Gasteiger partial charge on any atom is -0.386 e.